The zero-order valence-corrected chi connectivity index (χ0v) is 19.4. The SMILES string of the molecule is CCCCc1ccc(C2C(C#N)=C(N)N(c3cccc(Cl)c3C)C3=C2C(=O)CCC3)s1. The van der Waals surface area contributed by atoms with E-state index < -0.39 is 0 Å². The molecule has 1 atom stereocenters. The van der Waals surface area contributed by atoms with Crippen LogP contribution in [0.4, 0.5) is 5.69 Å². The highest BCUT2D eigenvalue weighted by atomic mass is 35.5. The number of nitrogens with zero attached hydrogens (tertiary/aromatic N) is 2. The normalized spacial score (nSPS) is 19.0. The minimum absolute atomic E-state index is 0.111. The number of carbonyl (C=O) groups is 1. The quantitative estimate of drug-likeness (QED) is 0.574. The van der Waals surface area contributed by atoms with Crippen LogP contribution in [0.25, 0.3) is 0 Å². The van der Waals surface area contributed by atoms with Crippen molar-refractivity contribution in [2.24, 2.45) is 5.73 Å². The van der Waals surface area contributed by atoms with Gasteiger partial charge in [-0.2, -0.15) is 5.26 Å². The number of thiophene rings is 1. The summed E-state index contributed by atoms with van der Waals surface area (Å²) in [5.74, 6) is 0.124. The Morgan fingerprint density at radius 2 is 2.10 bits per heavy atom. The van der Waals surface area contributed by atoms with Crippen molar-refractivity contribution in [1.82, 2.24) is 0 Å². The Labute approximate surface area is 192 Å². The molecule has 0 radical (unpaired) electrons. The third-order valence-electron chi connectivity index (χ3n) is 6.14. The number of hydrogen-bond donors (Lipinski definition) is 1. The molecule has 0 saturated heterocycles. The summed E-state index contributed by atoms with van der Waals surface area (Å²) in [5.41, 5.74) is 10.4. The minimum atomic E-state index is -0.385. The monoisotopic (exact) mass is 451 g/mol. The van der Waals surface area contributed by atoms with Crippen molar-refractivity contribution >= 4 is 34.4 Å². The number of ketones is 1. The number of carbonyl (C=O) groups excluding carboxylic acids is 1. The zero-order chi connectivity index (χ0) is 22.1. The van der Waals surface area contributed by atoms with Gasteiger partial charge < -0.3 is 5.73 Å². The fourth-order valence-electron chi connectivity index (χ4n) is 4.52. The average Bonchev–Trinajstić information content (AvgIpc) is 3.23. The van der Waals surface area contributed by atoms with E-state index in [9.17, 15) is 10.1 Å². The van der Waals surface area contributed by atoms with E-state index in [-0.39, 0.29) is 11.7 Å². The van der Waals surface area contributed by atoms with Crippen molar-refractivity contribution in [2.75, 3.05) is 4.90 Å². The molecule has 4 nitrogen and oxygen atoms in total. The largest absolute Gasteiger partial charge is 0.384 e. The molecule has 0 amide bonds. The molecule has 160 valence electrons. The van der Waals surface area contributed by atoms with Crippen LogP contribution in [0, 0.1) is 18.3 Å². The molecule has 2 aliphatic rings. The third-order valence-corrected chi connectivity index (χ3v) is 7.76. The van der Waals surface area contributed by atoms with Crippen molar-refractivity contribution in [1.29, 1.82) is 5.26 Å². The van der Waals surface area contributed by atoms with E-state index in [2.05, 4.69) is 25.1 Å². The summed E-state index contributed by atoms with van der Waals surface area (Å²) in [6.07, 6.45) is 5.31. The van der Waals surface area contributed by atoms with Gasteiger partial charge in [-0.25, -0.2) is 0 Å². The molecule has 1 aromatic heterocycles. The predicted octanol–water partition coefficient (Wildman–Crippen LogP) is 6.36. The fourth-order valence-corrected chi connectivity index (χ4v) is 5.86. The lowest BCUT2D eigenvalue weighted by atomic mass is 9.78. The van der Waals surface area contributed by atoms with Crippen LogP contribution < -0.4 is 10.6 Å². The number of nitrogens with two attached hydrogens (primary N) is 1. The van der Waals surface area contributed by atoms with Crippen LogP contribution >= 0.6 is 22.9 Å². The number of nitriles is 1. The number of aryl methyl sites for hydroxylation is 1. The lowest BCUT2D eigenvalue weighted by molar-refractivity contribution is -0.116. The molecule has 1 aliphatic carbocycles. The van der Waals surface area contributed by atoms with Crippen LogP contribution in [0.5, 0.6) is 0 Å². The van der Waals surface area contributed by atoms with E-state index in [0.29, 0.717) is 22.8 Å². The molecule has 2 N–H and O–H groups in total. The van der Waals surface area contributed by atoms with Crippen LogP contribution in [0.3, 0.4) is 0 Å². The molecule has 1 aliphatic heterocycles. The van der Waals surface area contributed by atoms with Crippen molar-refractivity contribution in [2.45, 2.75) is 58.3 Å². The van der Waals surface area contributed by atoms with Gasteiger partial charge in [0.05, 0.1) is 23.2 Å². The summed E-state index contributed by atoms with van der Waals surface area (Å²) < 4.78 is 0. The van der Waals surface area contributed by atoms with E-state index in [1.54, 1.807) is 11.3 Å². The summed E-state index contributed by atoms with van der Waals surface area (Å²) in [7, 11) is 0. The van der Waals surface area contributed by atoms with E-state index in [1.165, 1.54) is 4.88 Å². The Morgan fingerprint density at radius 1 is 1.29 bits per heavy atom. The number of halogens is 1. The first kappa shape index (κ1) is 21.7. The first-order valence-corrected chi connectivity index (χ1v) is 12.0. The number of allylic oxidation sites excluding steroid dienone is 3. The predicted molar refractivity (Wildman–Crippen MR) is 127 cm³/mol. The van der Waals surface area contributed by atoms with Gasteiger partial charge in [-0.15, -0.1) is 11.3 Å². The minimum Gasteiger partial charge on any atom is -0.384 e. The maximum Gasteiger partial charge on any atom is 0.161 e. The van der Waals surface area contributed by atoms with E-state index >= 15 is 0 Å². The van der Waals surface area contributed by atoms with Crippen LogP contribution in [0.15, 0.2) is 53.0 Å². The highest BCUT2D eigenvalue weighted by Gasteiger charge is 2.41. The smallest absolute Gasteiger partial charge is 0.161 e. The maximum absolute atomic E-state index is 13.2. The Bertz CT molecular complexity index is 1140. The Morgan fingerprint density at radius 3 is 2.84 bits per heavy atom. The van der Waals surface area contributed by atoms with Crippen molar-refractivity contribution in [3.05, 3.63) is 73.3 Å². The molecule has 2 heterocycles. The number of rotatable bonds is 5. The number of benzene rings is 1. The highest BCUT2D eigenvalue weighted by molar-refractivity contribution is 7.12. The third kappa shape index (κ3) is 3.79. The summed E-state index contributed by atoms with van der Waals surface area (Å²) in [6.45, 7) is 4.12. The van der Waals surface area contributed by atoms with Crippen molar-refractivity contribution < 1.29 is 4.79 Å². The maximum atomic E-state index is 13.2. The molecule has 31 heavy (non-hydrogen) atoms. The van der Waals surface area contributed by atoms with Gasteiger partial charge in [0.15, 0.2) is 5.78 Å². The van der Waals surface area contributed by atoms with Crippen molar-refractivity contribution in [3.8, 4) is 6.07 Å². The van der Waals surface area contributed by atoms with Gasteiger partial charge in [0, 0.05) is 32.5 Å². The number of unbranched alkanes of at least 4 members (excludes halogenated alkanes) is 1. The summed E-state index contributed by atoms with van der Waals surface area (Å²) in [6, 6.07) is 12.2. The van der Waals surface area contributed by atoms with E-state index in [1.807, 2.05) is 30.0 Å². The van der Waals surface area contributed by atoms with Gasteiger partial charge in [-0.05, 0) is 62.4 Å². The van der Waals surface area contributed by atoms with E-state index in [4.69, 9.17) is 17.3 Å². The van der Waals surface area contributed by atoms with Gasteiger partial charge in [-0.1, -0.05) is 31.0 Å². The molecule has 2 aromatic rings. The molecule has 0 spiro atoms. The first-order valence-electron chi connectivity index (χ1n) is 10.8. The van der Waals surface area contributed by atoms with Gasteiger partial charge in [0.1, 0.15) is 5.82 Å². The second-order valence-electron chi connectivity index (χ2n) is 8.11. The first-order chi connectivity index (χ1) is 15.0. The molecule has 0 bridgehead atoms. The van der Waals surface area contributed by atoms with Crippen LogP contribution in [0.2, 0.25) is 5.02 Å². The van der Waals surface area contributed by atoms with Gasteiger partial charge in [0.25, 0.3) is 0 Å². The summed E-state index contributed by atoms with van der Waals surface area (Å²) in [5, 5.41) is 10.8. The standard InChI is InChI=1S/C25H26ClN3OS/c1-3-4-7-16-12-13-22(31-16)23-17(14-27)25(28)29(19-9-5-8-18(26)15(19)2)20-10-6-11-21(30)24(20)23/h5,8-9,12-13,23H,3-4,6-7,10-11,28H2,1-2H3. The summed E-state index contributed by atoms with van der Waals surface area (Å²) >= 11 is 8.09. The van der Waals surface area contributed by atoms with Gasteiger partial charge >= 0.3 is 0 Å². The van der Waals surface area contributed by atoms with Crippen LogP contribution in [-0.4, -0.2) is 5.78 Å². The molecule has 0 saturated carbocycles. The van der Waals surface area contributed by atoms with Gasteiger partial charge in [-0.3, -0.25) is 9.69 Å². The van der Waals surface area contributed by atoms with Crippen LogP contribution in [0.1, 0.15) is 60.3 Å². The average molecular weight is 452 g/mol. The topological polar surface area (TPSA) is 70.1 Å². The lowest BCUT2D eigenvalue weighted by Crippen LogP contribution is -2.38. The zero-order valence-electron chi connectivity index (χ0n) is 17.9. The van der Waals surface area contributed by atoms with Crippen molar-refractivity contribution in [3.63, 3.8) is 0 Å². The molecular weight excluding hydrogens is 426 g/mol. The number of anilines is 1. The lowest BCUT2D eigenvalue weighted by Gasteiger charge is -2.40. The fraction of sp³-hybridized carbons (Fsp3) is 0.360. The Kier molecular flexibility index (Phi) is 6.22. The second kappa shape index (κ2) is 8.90. The summed E-state index contributed by atoms with van der Waals surface area (Å²) in [4.78, 5) is 17.4. The molecular formula is C25H26ClN3OS. The Balaban J connectivity index is 1.90. The molecule has 0 fully saturated rings. The molecule has 4 rings (SSSR count). The highest BCUT2D eigenvalue weighted by Crippen LogP contribution is 2.48. The Hall–Kier alpha value is -2.55. The van der Waals surface area contributed by atoms with Crippen LogP contribution in [-0.2, 0) is 11.2 Å². The molecule has 1 unspecified atom stereocenters. The number of hydrogen-bond acceptors (Lipinski definition) is 5. The molecule has 6 heteroatoms. The number of Topliss-reactive ketones (excluding diaryl/α,β-unsaturated/α-hetero) is 1. The molecule has 1 aromatic carbocycles. The second-order valence-corrected chi connectivity index (χ2v) is 9.71. The van der Waals surface area contributed by atoms with Gasteiger partial charge in [0.2, 0.25) is 0 Å². The van der Waals surface area contributed by atoms with E-state index in [0.717, 1.165) is 59.5 Å².